The summed E-state index contributed by atoms with van der Waals surface area (Å²) in [7, 11) is 0. The van der Waals surface area contributed by atoms with E-state index in [0.29, 0.717) is 17.8 Å². The van der Waals surface area contributed by atoms with Gasteiger partial charge in [0.05, 0.1) is 5.69 Å². The number of allylic oxidation sites excluding steroid dienone is 1. The molecule has 2 aliphatic heterocycles. The molecule has 1 amide bonds. The van der Waals surface area contributed by atoms with E-state index in [1.165, 1.54) is 21.9 Å². The van der Waals surface area contributed by atoms with E-state index in [4.69, 9.17) is 15.8 Å². The van der Waals surface area contributed by atoms with E-state index in [0.717, 1.165) is 101 Å². The maximum absolute atomic E-state index is 12.9. The number of benzene rings is 2. The van der Waals surface area contributed by atoms with Gasteiger partial charge in [-0.3, -0.25) is 9.69 Å². The summed E-state index contributed by atoms with van der Waals surface area (Å²) in [4.78, 5) is 22.9. The van der Waals surface area contributed by atoms with Gasteiger partial charge < -0.3 is 14.6 Å². The van der Waals surface area contributed by atoms with Crippen molar-refractivity contribution in [3.05, 3.63) is 59.0 Å². The van der Waals surface area contributed by atoms with E-state index in [2.05, 4.69) is 77.4 Å². The number of hydrogen-bond acceptors (Lipinski definition) is 5. The molecule has 6 heteroatoms. The molecule has 6 rings (SSSR count). The number of nitrogens with one attached hydrogen (secondary N) is 1. The molecule has 43 heavy (non-hydrogen) atoms. The zero-order chi connectivity index (χ0) is 29.9. The second kappa shape index (κ2) is 13.1. The highest BCUT2D eigenvalue weighted by Gasteiger charge is 2.28. The van der Waals surface area contributed by atoms with Gasteiger partial charge in [0.15, 0.2) is 0 Å². The van der Waals surface area contributed by atoms with Crippen molar-refractivity contribution in [2.75, 3.05) is 39.3 Å². The number of carbonyl (C=O) groups excluding carboxylic acids is 1. The normalized spacial score (nSPS) is 23.3. The highest BCUT2D eigenvalue weighted by atomic mass is 16.4. The first-order valence-electron chi connectivity index (χ1n) is 16.3. The fourth-order valence-electron chi connectivity index (χ4n) is 7.35. The maximum Gasteiger partial charge on any atom is 0.227 e. The Morgan fingerprint density at radius 3 is 2.79 bits per heavy atom. The minimum atomic E-state index is 0.0864. The summed E-state index contributed by atoms with van der Waals surface area (Å²) in [6, 6.07) is 10.8. The van der Waals surface area contributed by atoms with Crippen LogP contribution in [0.1, 0.15) is 62.1 Å². The first kappa shape index (κ1) is 29.7. The average molecular weight is 579 g/mol. The van der Waals surface area contributed by atoms with E-state index in [1.807, 2.05) is 6.92 Å². The molecule has 0 bridgehead atoms. The van der Waals surface area contributed by atoms with Gasteiger partial charge in [-0.05, 0) is 98.5 Å². The number of oxazole rings is 1. The lowest BCUT2D eigenvalue weighted by Crippen LogP contribution is -2.42. The minimum Gasteiger partial charge on any atom is -0.441 e. The molecule has 3 aliphatic rings. The summed E-state index contributed by atoms with van der Waals surface area (Å²) >= 11 is 0. The summed E-state index contributed by atoms with van der Waals surface area (Å²) in [5.74, 6) is 6.34. The number of hydrogen-bond donors (Lipinski definition) is 1. The van der Waals surface area contributed by atoms with E-state index in [9.17, 15) is 4.79 Å². The van der Waals surface area contributed by atoms with Crippen molar-refractivity contribution >= 4 is 22.8 Å². The molecule has 0 spiro atoms. The van der Waals surface area contributed by atoms with Crippen molar-refractivity contribution in [3.63, 3.8) is 0 Å². The summed E-state index contributed by atoms with van der Waals surface area (Å²) < 4.78 is 6.39. The minimum absolute atomic E-state index is 0.0864. The van der Waals surface area contributed by atoms with Gasteiger partial charge in [0, 0.05) is 43.6 Å². The van der Waals surface area contributed by atoms with Crippen LogP contribution in [0.25, 0.3) is 28.3 Å². The number of aryl methyl sites for hydroxylation is 1. The summed E-state index contributed by atoms with van der Waals surface area (Å²) in [6.45, 7) is 12.9. The van der Waals surface area contributed by atoms with Gasteiger partial charge in [0.1, 0.15) is 5.76 Å². The Balaban J connectivity index is 1.03. The molecule has 0 radical (unpaired) electrons. The van der Waals surface area contributed by atoms with E-state index < -0.39 is 0 Å². The number of rotatable bonds is 8. The molecule has 1 unspecified atom stereocenters. The maximum atomic E-state index is 12.9. The fourth-order valence-corrected chi connectivity index (χ4v) is 7.35. The van der Waals surface area contributed by atoms with Gasteiger partial charge in [0.2, 0.25) is 11.8 Å². The van der Waals surface area contributed by atoms with E-state index in [1.54, 1.807) is 0 Å². The number of aromatic nitrogens is 1. The molecule has 3 atom stereocenters. The molecular formula is C37H46N4O2. The monoisotopic (exact) mass is 578 g/mol. The molecular weight excluding hydrogens is 532 g/mol. The molecule has 6 nitrogen and oxygen atoms in total. The summed E-state index contributed by atoms with van der Waals surface area (Å²) in [5, 5.41) is 5.62. The van der Waals surface area contributed by atoms with Crippen LogP contribution in [0, 0.1) is 42.9 Å². The Labute approximate surface area is 256 Å². The van der Waals surface area contributed by atoms with Crippen molar-refractivity contribution < 1.29 is 9.21 Å². The largest absolute Gasteiger partial charge is 0.441 e. The van der Waals surface area contributed by atoms with Gasteiger partial charge in [-0.25, -0.2) is 4.98 Å². The average Bonchev–Trinajstić information content (AvgIpc) is 3.37. The Hall–Kier alpha value is -3.40. The lowest BCUT2D eigenvalue weighted by molar-refractivity contribution is -0.126. The quantitative estimate of drug-likeness (QED) is 0.251. The van der Waals surface area contributed by atoms with Gasteiger partial charge in [-0.15, -0.1) is 12.3 Å². The predicted octanol–water partition coefficient (Wildman–Crippen LogP) is 6.32. The van der Waals surface area contributed by atoms with Crippen LogP contribution in [0.4, 0.5) is 0 Å². The first-order valence-corrected chi connectivity index (χ1v) is 16.3. The van der Waals surface area contributed by atoms with Crippen LogP contribution in [-0.4, -0.2) is 60.0 Å². The summed E-state index contributed by atoms with van der Waals surface area (Å²) in [6.07, 6.45) is 15.1. The predicted molar refractivity (Wildman–Crippen MR) is 174 cm³/mol. The number of terminal acetylenes is 1. The van der Waals surface area contributed by atoms with Gasteiger partial charge in [-0.1, -0.05) is 50.3 Å². The summed E-state index contributed by atoms with van der Waals surface area (Å²) in [5.41, 5.74) is 4.73. The lowest BCUT2D eigenvalue weighted by Gasteiger charge is -2.34. The third kappa shape index (κ3) is 6.74. The second-order valence-corrected chi connectivity index (χ2v) is 13.3. The molecule has 2 aromatic carbocycles. The Bertz CT molecular complexity index is 1520. The zero-order valence-electron chi connectivity index (χ0n) is 26.1. The van der Waals surface area contributed by atoms with Crippen LogP contribution in [0.5, 0.6) is 0 Å². The third-order valence-electron chi connectivity index (χ3n) is 9.68. The fraction of sp³-hybridized carbons (Fsp3) is 0.514. The number of piperidine rings is 2. The molecule has 226 valence electrons. The second-order valence-electron chi connectivity index (χ2n) is 13.3. The molecule has 1 aromatic heterocycles. The number of amides is 1. The number of carbonyl (C=O) groups is 1. The molecule has 1 aliphatic carbocycles. The number of fused-ring (bicyclic) bond motifs is 2. The van der Waals surface area contributed by atoms with Crippen LogP contribution < -0.4 is 5.32 Å². The van der Waals surface area contributed by atoms with Crippen LogP contribution >= 0.6 is 0 Å². The third-order valence-corrected chi connectivity index (χ3v) is 9.68. The molecule has 2 saturated heterocycles. The standard InChI is InChI=1S/C37H46N4O2/c1-5-28-19-26(3)22-41(23-28)16-8-15-38-36(42)29-13-17-40(18-14-29)24-34-27(4)43-37(39-34)35-32-10-7-6-9-30(32)21-31-12-11-25(2)20-33(31)35/h1,6-7,9-12,21,25-26,28-29H,8,13-20,22-24H2,2-4H3,(H,38,42)/t25?,26-,28+/m1/s1. The van der Waals surface area contributed by atoms with Crippen molar-refractivity contribution in [1.82, 2.24) is 20.1 Å². The van der Waals surface area contributed by atoms with Crippen LogP contribution in [0.3, 0.4) is 0 Å². The van der Waals surface area contributed by atoms with Crippen LogP contribution in [0.15, 0.2) is 40.8 Å². The number of nitrogens with zero attached hydrogens (tertiary/aromatic N) is 3. The molecule has 3 aromatic rings. The van der Waals surface area contributed by atoms with Crippen LogP contribution in [-0.2, 0) is 17.8 Å². The Kier molecular flexibility index (Phi) is 9.02. The number of likely N-dealkylation sites (tertiary alicyclic amines) is 2. The highest BCUT2D eigenvalue weighted by molar-refractivity contribution is 5.99. The Morgan fingerprint density at radius 2 is 1.98 bits per heavy atom. The SMILES string of the molecule is C#C[C@H]1C[C@@H](C)CN(CCCNC(=O)C2CCN(Cc3nc(-c4c5c(cc6ccccc46)C=CC(C)C5)oc3C)CC2)C1. The molecule has 1 N–H and O–H groups in total. The zero-order valence-corrected chi connectivity index (χ0v) is 26.1. The Morgan fingerprint density at radius 1 is 1.16 bits per heavy atom. The van der Waals surface area contributed by atoms with Crippen molar-refractivity contribution in [1.29, 1.82) is 0 Å². The van der Waals surface area contributed by atoms with Crippen molar-refractivity contribution in [2.24, 2.45) is 23.7 Å². The van der Waals surface area contributed by atoms with Crippen LogP contribution in [0.2, 0.25) is 0 Å². The molecule has 3 heterocycles. The highest BCUT2D eigenvalue weighted by Crippen LogP contribution is 2.39. The molecule has 2 fully saturated rings. The lowest BCUT2D eigenvalue weighted by atomic mass is 9.84. The van der Waals surface area contributed by atoms with Gasteiger partial charge in [-0.2, -0.15) is 0 Å². The van der Waals surface area contributed by atoms with Gasteiger partial charge in [0.25, 0.3) is 0 Å². The van der Waals surface area contributed by atoms with Gasteiger partial charge >= 0.3 is 0 Å². The molecule has 0 saturated carbocycles. The van der Waals surface area contributed by atoms with Crippen molar-refractivity contribution in [3.8, 4) is 23.8 Å². The topological polar surface area (TPSA) is 61.6 Å². The van der Waals surface area contributed by atoms with E-state index in [-0.39, 0.29) is 11.8 Å². The first-order chi connectivity index (χ1) is 20.9. The van der Waals surface area contributed by atoms with E-state index >= 15 is 0 Å². The smallest absolute Gasteiger partial charge is 0.227 e. The van der Waals surface area contributed by atoms with Crippen molar-refractivity contribution in [2.45, 2.75) is 59.4 Å².